The van der Waals surface area contributed by atoms with Gasteiger partial charge in [0.2, 0.25) is 4.77 Å². The van der Waals surface area contributed by atoms with Crippen LogP contribution in [0.2, 0.25) is 0 Å². The van der Waals surface area contributed by atoms with Gasteiger partial charge < -0.3 is 0 Å². The van der Waals surface area contributed by atoms with E-state index in [9.17, 15) is 0 Å². The number of hydrogen-bond acceptors (Lipinski definition) is 5. The number of aromatic amines is 2. The average Bonchev–Trinajstić information content (AvgIpc) is 3.05. The molecule has 0 aliphatic heterocycles. The molecule has 7 heteroatoms. The van der Waals surface area contributed by atoms with E-state index in [0.717, 1.165) is 33.5 Å². The van der Waals surface area contributed by atoms with Gasteiger partial charge in [-0.15, -0.1) is 11.3 Å². The summed E-state index contributed by atoms with van der Waals surface area (Å²) in [6, 6.07) is 5.80. The Morgan fingerprint density at radius 3 is 2.79 bits per heavy atom. The van der Waals surface area contributed by atoms with Crippen LogP contribution < -0.4 is 0 Å². The van der Waals surface area contributed by atoms with Crippen LogP contribution in [-0.2, 0) is 6.42 Å². The van der Waals surface area contributed by atoms with E-state index < -0.39 is 0 Å². The molecule has 0 unspecified atom stereocenters. The molecule has 19 heavy (non-hydrogen) atoms. The highest BCUT2D eigenvalue weighted by Gasteiger charge is 2.15. The second-order valence-electron chi connectivity index (χ2n) is 3.88. The third kappa shape index (κ3) is 2.34. The average molecular weight is 289 g/mol. The van der Waals surface area contributed by atoms with Crippen molar-refractivity contribution in [2.45, 2.75) is 13.3 Å². The molecule has 3 aromatic heterocycles. The summed E-state index contributed by atoms with van der Waals surface area (Å²) in [5.41, 5.74) is 1.88. The molecule has 0 radical (unpaired) electrons. The van der Waals surface area contributed by atoms with Crippen LogP contribution in [-0.4, -0.2) is 25.1 Å². The normalized spacial score (nSPS) is 10.8. The molecule has 96 valence electrons. The third-order valence-corrected chi connectivity index (χ3v) is 3.95. The van der Waals surface area contributed by atoms with E-state index in [-0.39, 0.29) is 0 Å². The number of pyridine rings is 1. The summed E-state index contributed by atoms with van der Waals surface area (Å²) in [6.45, 7) is 2.07. The summed E-state index contributed by atoms with van der Waals surface area (Å²) in [7, 11) is 0. The fraction of sp³-hybridized carbons (Fsp3) is 0.167. The van der Waals surface area contributed by atoms with Gasteiger partial charge in [0.25, 0.3) is 0 Å². The zero-order chi connectivity index (χ0) is 13.2. The first kappa shape index (κ1) is 12.2. The van der Waals surface area contributed by atoms with Crippen LogP contribution >= 0.6 is 23.6 Å². The zero-order valence-corrected chi connectivity index (χ0v) is 11.8. The monoisotopic (exact) mass is 289 g/mol. The maximum absolute atomic E-state index is 4.99. The van der Waals surface area contributed by atoms with Crippen molar-refractivity contribution in [2.24, 2.45) is 0 Å². The van der Waals surface area contributed by atoms with Crippen LogP contribution in [0.15, 0.2) is 24.4 Å². The first-order chi connectivity index (χ1) is 9.28. The van der Waals surface area contributed by atoms with Crippen LogP contribution in [0.5, 0.6) is 0 Å². The molecule has 0 aliphatic rings. The Hall–Kier alpha value is -1.86. The summed E-state index contributed by atoms with van der Waals surface area (Å²) in [6.07, 6.45) is 2.61. The van der Waals surface area contributed by atoms with E-state index in [0.29, 0.717) is 4.77 Å². The Labute approximate surface area is 118 Å². The summed E-state index contributed by atoms with van der Waals surface area (Å²) in [5.74, 6) is 0.738. The molecule has 0 aliphatic carbocycles. The van der Waals surface area contributed by atoms with Gasteiger partial charge in [0.05, 0.1) is 16.3 Å². The predicted octanol–water partition coefficient (Wildman–Crippen LogP) is 3.22. The van der Waals surface area contributed by atoms with Gasteiger partial charge in [-0.05, 0) is 30.8 Å². The number of rotatable bonds is 3. The molecule has 0 fully saturated rings. The van der Waals surface area contributed by atoms with Gasteiger partial charge in [0.1, 0.15) is 5.01 Å². The minimum Gasteiger partial charge on any atom is -0.281 e. The number of H-pyrrole nitrogens is 2. The van der Waals surface area contributed by atoms with Crippen molar-refractivity contribution in [3.63, 3.8) is 0 Å². The molecule has 5 nitrogen and oxygen atoms in total. The summed E-state index contributed by atoms with van der Waals surface area (Å²) in [5, 5.41) is 6.68. The highest BCUT2D eigenvalue weighted by atomic mass is 32.1. The van der Waals surface area contributed by atoms with Crippen molar-refractivity contribution in [3.8, 4) is 21.4 Å². The summed E-state index contributed by atoms with van der Waals surface area (Å²) >= 11 is 6.56. The second kappa shape index (κ2) is 5.02. The molecule has 0 atom stereocenters. The standard InChI is InChI=1S/C12H11N5S2/c1-2-7-9(10-15-12(18)17-16-10)19-11(14-7)8-5-3-4-6-13-8/h3-6H,2H2,1H3,(H2,15,16,17,18). The highest BCUT2D eigenvalue weighted by Crippen LogP contribution is 2.32. The van der Waals surface area contributed by atoms with E-state index in [1.807, 2.05) is 18.2 Å². The van der Waals surface area contributed by atoms with E-state index in [2.05, 4.69) is 32.1 Å². The van der Waals surface area contributed by atoms with Crippen LogP contribution in [0.25, 0.3) is 21.4 Å². The maximum atomic E-state index is 4.99. The number of nitrogens with one attached hydrogen (secondary N) is 2. The number of nitrogens with zero attached hydrogens (tertiary/aromatic N) is 3. The molecule has 0 saturated carbocycles. The minimum atomic E-state index is 0.449. The maximum Gasteiger partial charge on any atom is 0.213 e. The number of thiazole rings is 1. The SMILES string of the molecule is CCc1nc(-c2ccccn2)sc1-c1nc(=S)[nH][nH]1. The van der Waals surface area contributed by atoms with E-state index in [1.165, 1.54) is 0 Å². The second-order valence-corrected chi connectivity index (χ2v) is 5.26. The summed E-state index contributed by atoms with van der Waals surface area (Å²) in [4.78, 5) is 14.2. The van der Waals surface area contributed by atoms with E-state index >= 15 is 0 Å². The van der Waals surface area contributed by atoms with Crippen LogP contribution in [0.1, 0.15) is 12.6 Å². The zero-order valence-electron chi connectivity index (χ0n) is 10.2. The smallest absolute Gasteiger partial charge is 0.213 e. The molecule has 3 aromatic rings. The molecular formula is C12H11N5S2. The molecule has 0 bridgehead atoms. The van der Waals surface area contributed by atoms with Crippen LogP contribution in [0, 0.1) is 4.77 Å². The molecule has 0 aromatic carbocycles. The topological polar surface area (TPSA) is 70.2 Å². The van der Waals surface area contributed by atoms with Gasteiger partial charge in [-0.25, -0.2) is 4.98 Å². The predicted molar refractivity (Wildman–Crippen MR) is 77.5 cm³/mol. The fourth-order valence-corrected chi connectivity index (χ4v) is 2.97. The van der Waals surface area contributed by atoms with Crippen LogP contribution in [0.4, 0.5) is 0 Å². The Kier molecular flexibility index (Phi) is 3.22. The van der Waals surface area contributed by atoms with Crippen molar-refractivity contribution in [2.75, 3.05) is 0 Å². The van der Waals surface area contributed by atoms with Crippen molar-refractivity contribution in [1.82, 2.24) is 25.1 Å². The van der Waals surface area contributed by atoms with Crippen molar-refractivity contribution in [1.29, 1.82) is 0 Å². The van der Waals surface area contributed by atoms with Crippen molar-refractivity contribution in [3.05, 3.63) is 34.9 Å². The lowest BCUT2D eigenvalue weighted by Crippen LogP contribution is -1.86. The molecule has 0 amide bonds. The van der Waals surface area contributed by atoms with E-state index in [4.69, 9.17) is 12.2 Å². The fourth-order valence-electron chi connectivity index (χ4n) is 1.75. The molecular weight excluding hydrogens is 278 g/mol. The lowest BCUT2D eigenvalue weighted by molar-refractivity contribution is 1.05. The minimum absolute atomic E-state index is 0.449. The first-order valence-corrected chi connectivity index (χ1v) is 7.06. The van der Waals surface area contributed by atoms with Gasteiger partial charge >= 0.3 is 0 Å². The van der Waals surface area contributed by atoms with Gasteiger partial charge in [-0.3, -0.25) is 15.2 Å². The molecule has 3 rings (SSSR count). The molecule has 3 heterocycles. The van der Waals surface area contributed by atoms with Gasteiger partial charge in [0, 0.05) is 6.20 Å². The number of aryl methyl sites for hydroxylation is 1. The van der Waals surface area contributed by atoms with Crippen molar-refractivity contribution >= 4 is 23.6 Å². The van der Waals surface area contributed by atoms with Gasteiger partial charge in [0.15, 0.2) is 5.82 Å². The van der Waals surface area contributed by atoms with E-state index in [1.54, 1.807) is 17.5 Å². The number of aromatic nitrogens is 5. The van der Waals surface area contributed by atoms with Crippen molar-refractivity contribution < 1.29 is 0 Å². The molecule has 2 N–H and O–H groups in total. The Morgan fingerprint density at radius 1 is 1.26 bits per heavy atom. The Balaban J connectivity index is 2.11. The lowest BCUT2D eigenvalue weighted by Gasteiger charge is -1.92. The number of hydrogen-bond donors (Lipinski definition) is 2. The lowest BCUT2D eigenvalue weighted by atomic mass is 10.3. The summed E-state index contributed by atoms with van der Waals surface area (Å²) < 4.78 is 0.449. The third-order valence-electron chi connectivity index (χ3n) is 2.63. The molecule has 0 saturated heterocycles. The first-order valence-electron chi connectivity index (χ1n) is 5.84. The van der Waals surface area contributed by atoms with Crippen LogP contribution in [0.3, 0.4) is 0 Å². The molecule has 0 spiro atoms. The largest absolute Gasteiger partial charge is 0.281 e. The van der Waals surface area contributed by atoms with Gasteiger partial charge in [-0.1, -0.05) is 13.0 Å². The quantitative estimate of drug-likeness (QED) is 0.726. The van der Waals surface area contributed by atoms with Gasteiger partial charge in [-0.2, -0.15) is 4.98 Å². The Bertz CT molecular complexity index is 741. The highest BCUT2D eigenvalue weighted by molar-refractivity contribution is 7.71. The Morgan fingerprint density at radius 2 is 2.16 bits per heavy atom.